The number of benzene rings is 6. The van der Waals surface area contributed by atoms with E-state index in [0.29, 0.717) is 17.5 Å². The van der Waals surface area contributed by atoms with E-state index in [2.05, 4.69) is 119 Å². The molecule has 1 heterocycles. The highest BCUT2D eigenvalue weighted by atomic mass is 15.0. The highest BCUT2D eigenvalue weighted by Gasteiger charge is 2.46. The monoisotopic (exact) mass is 567 g/mol. The zero-order chi connectivity index (χ0) is 30.1. The lowest BCUT2D eigenvalue weighted by molar-refractivity contribution is 0.299. The van der Waals surface area contributed by atoms with E-state index >= 15 is 0 Å². The summed E-state index contributed by atoms with van der Waals surface area (Å²) in [5, 5.41) is 5.16. The summed E-state index contributed by atoms with van der Waals surface area (Å²) in [4.78, 5) is 15.0. The third-order valence-electron chi connectivity index (χ3n) is 10.1. The van der Waals surface area contributed by atoms with Crippen molar-refractivity contribution in [3.8, 4) is 45.3 Å². The number of rotatable bonds is 3. The first-order chi connectivity index (χ1) is 21.3. The van der Waals surface area contributed by atoms with Crippen molar-refractivity contribution in [3.63, 3.8) is 0 Å². The maximum absolute atomic E-state index is 5.04. The van der Waals surface area contributed by atoms with Crippen LogP contribution in [0.1, 0.15) is 38.8 Å². The third-order valence-corrected chi connectivity index (χ3v) is 10.1. The van der Waals surface area contributed by atoms with Crippen LogP contribution in [0.3, 0.4) is 0 Å². The van der Waals surface area contributed by atoms with Gasteiger partial charge in [-0.2, -0.15) is 0 Å². The smallest absolute Gasteiger partial charge is 0.164 e. The van der Waals surface area contributed by atoms with E-state index in [9.17, 15) is 0 Å². The van der Waals surface area contributed by atoms with Gasteiger partial charge >= 0.3 is 0 Å². The fraction of sp³-hybridized carbons (Fsp3) is 0.146. The Morgan fingerprint density at radius 1 is 0.409 bits per heavy atom. The molecule has 3 heteroatoms. The van der Waals surface area contributed by atoms with Crippen molar-refractivity contribution in [2.45, 2.75) is 38.5 Å². The Bertz CT molecular complexity index is 2160. The number of fused-ring (bicyclic) bond motifs is 7. The van der Waals surface area contributed by atoms with Gasteiger partial charge in [0.2, 0.25) is 0 Å². The normalized spacial score (nSPS) is 14.7. The third kappa shape index (κ3) is 3.92. The van der Waals surface area contributed by atoms with Crippen LogP contribution in [-0.2, 0) is 10.8 Å². The van der Waals surface area contributed by atoms with E-state index in [-0.39, 0.29) is 10.8 Å². The summed E-state index contributed by atoms with van der Waals surface area (Å²) >= 11 is 0. The first kappa shape index (κ1) is 26.5. The summed E-state index contributed by atoms with van der Waals surface area (Å²) < 4.78 is 0. The molecule has 0 saturated carbocycles. The van der Waals surface area contributed by atoms with Gasteiger partial charge in [0.15, 0.2) is 17.5 Å². The maximum atomic E-state index is 5.04. The largest absolute Gasteiger partial charge is 0.208 e. The zero-order valence-corrected chi connectivity index (χ0v) is 25.5. The van der Waals surface area contributed by atoms with Gasteiger partial charge in [0.05, 0.1) is 0 Å². The first-order valence-corrected chi connectivity index (χ1v) is 15.3. The Balaban J connectivity index is 1.37. The fourth-order valence-corrected chi connectivity index (χ4v) is 6.93. The molecule has 0 atom stereocenters. The topological polar surface area (TPSA) is 38.7 Å². The molecule has 8 rings (SSSR count). The summed E-state index contributed by atoms with van der Waals surface area (Å²) in [6.45, 7) is 9.53. The van der Waals surface area contributed by atoms with Crippen molar-refractivity contribution in [2.24, 2.45) is 0 Å². The van der Waals surface area contributed by atoms with Crippen LogP contribution in [0.4, 0.5) is 0 Å². The fourth-order valence-electron chi connectivity index (χ4n) is 6.93. The quantitative estimate of drug-likeness (QED) is 0.199. The maximum Gasteiger partial charge on any atom is 0.164 e. The molecule has 0 saturated heterocycles. The Labute approximate surface area is 258 Å². The molecule has 1 aliphatic rings. The molecule has 0 spiro atoms. The van der Waals surface area contributed by atoms with Crippen molar-refractivity contribution >= 4 is 21.5 Å². The van der Waals surface area contributed by atoms with Crippen LogP contribution < -0.4 is 0 Å². The molecule has 3 nitrogen and oxygen atoms in total. The van der Waals surface area contributed by atoms with E-state index in [4.69, 9.17) is 15.0 Å². The highest BCUT2D eigenvalue weighted by molar-refractivity contribution is 6.13. The van der Waals surface area contributed by atoms with Gasteiger partial charge in [0, 0.05) is 16.7 Å². The average molecular weight is 568 g/mol. The molecule has 0 unspecified atom stereocenters. The van der Waals surface area contributed by atoms with Crippen molar-refractivity contribution < 1.29 is 0 Å². The van der Waals surface area contributed by atoms with Gasteiger partial charge in [-0.25, -0.2) is 15.0 Å². The second-order valence-electron chi connectivity index (χ2n) is 12.9. The van der Waals surface area contributed by atoms with Crippen molar-refractivity contribution in [2.75, 3.05) is 0 Å². The molecule has 0 fully saturated rings. The van der Waals surface area contributed by atoms with Gasteiger partial charge in [-0.3, -0.25) is 0 Å². The molecule has 1 aliphatic carbocycles. The molecule has 0 radical (unpaired) electrons. The van der Waals surface area contributed by atoms with E-state index < -0.39 is 0 Å². The highest BCUT2D eigenvalue weighted by Crippen LogP contribution is 2.56. The average Bonchev–Trinajstić information content (AvgIpc) is 3.07. The molecule has 0 aliphatic heterocycles. The van der Waals surface area contributed by atoms with Gasteiger partial charge in [-0.1, -0.05) is 149 Å². The van der Waals surface area contributed by atoms with Gasteiger partial charge < -0.3 is 0 Å². The molecule has 0 amide bonds. The summed E-state index contributed by atoms with van der Waals surface area (Å²) in [5.74, 6) is 2.04. The molecule has 0 bridgehead atoms. The van der Waals surface area contributed by atoms with E-state index in [1.54, 1.807) is 0 Å². The van der Waals surface area contributed by atoms with E-state index in [0.717, 1.165) is 16.7 Å². The van der Waals surface area contributed by atoms with E-state index in [1.807, 2.05) is 36.4 Å². The number of hydrogen-bond acceptors (Lipinski definition) is 3. The summed E-state index contributed by atoms with van der Waals surface area (Å²) in [6, 6.07) is 45.1. The SMILES string of the molecule is CC1(C)c2cc(-c3nc(-c4ccccc4)nc(-c4ccccc4)n3)ccc2-c2c(ccc3c2ccc2ccccc23)C1(C)C. The molecular formula is C41H33N3. The van der Waals surface area contributed by atoms with Crippen LogP contribution in [0.25, 0.3) is 66.8 Å². The Morgan fingerprint density at radius 3 is 1.61 bits per heavy atom. The van der Waals surface area contributed by atoms with Crippen molar-refractivity contribution in [3.05, 3.63) is 139 Å². The van der Waals surface area contributed by atoms with Crippen LogP contribution in [0.2, 0.25) is 0 Å². The minimum atomic E-state index is -0.145. The van der Waals surface area contributed by atoms with Crippen LogP contribution >= 0.6 is 0 Å². The molecule has 0 N–H and O–H groups in total. The first-order valence-electron chi connectivity index (χ1n) is 15.3. The Hall–Kier alpha value is -5.15. The molecule has 44 heavy (non-hydrogen) atoms. The van der Waals surface area contributed by atoms with Crippen LogP contribution in [0.5, 0.6) is 0 Å². The van der Waals surface area contributed by atoms with Gasteiger partial charge in [-0.05, 0) is 60.7 Å². The van der Waals surface area contributed by atoms with E-state index in [1.165, 1.54) is 43.8 Å². The number of aromatic nitrogens is 3. The number of hydrogen-bond donors (Lipinski definition) is 0. The van der Waals surface area contributed by atoms with Crippen molar-refractivity contribution in [1.82, 2.24) is 15.0 Å². The standard InChI is InChI=1S/C41H33N3/c1-40(2)34-24-23-31-30-18-12-11-13-26(30)19-21-32(31)36(34)33-22-20-29(25-35(33)41(40,3)4)39-43-37(27-14-7-5-8-15-27)42-38(44-39)28-16-9-6-10-17-28/h5-25H,1-4H3. The lowest BCUT2D eigenvalue weighted by atomic mass is 9.55. The molecule has 1 aromatic heterocycles. The van der Waals surface area contributed by atoms with Gasteiger partial charge in [0.25, 0.3) is 0 Å². The van der Waals surface area contributed by atoms with Crippen LogP contribution in [0, 0.1) is 0 Å². The minimum Gasteiger partial charge on any atom is -0.208 e. The zero-order valence-electron chi connectivity index (χ0n) is 25.5. The molecule has 212 valence electrons. The number of nitrogens with zero attached hydrogens (tertiary/aromatic N) is 3. The van der Waals surface area contributed by atoms with Crippen LogP contribution in [0.15, 0.2) is 127 Å². The second kappa shape index (κ2) is 9.68. The summed E-state index contributed by atoms with van der Waals surface area (Å²) in [5.41, 5.74) is 8.02. The second-order valence-corrected chi connectivity index (χ2v) is 12.9. The van der Waals surface area contributed by atoms with Gasteiger partial charge in [-0.15, -0.1) is 0 Å². The van der Waals surface area contributed by atoms with Crippen LogP contribution in [-0.4, -0.2) is 15.0 Å². The molecular weight excluding hydrogens is 534 g/mol. The minimum absolute atomic E-state index is 0.114. The summed E-state index contributed by atoms with van der Waals surface area (Å²) in [6.07, 6.45) is 0. The van der Waals surface area contributed by atoms with Gasteiger partial charge in [0.1, 0.15) is 0 Å². The lowest BCUT2D eigenvalue weighted by Crippen LogP contribution is -2.43. The Morgan fingerprint density at radius 2 is 0.955 bits per heavy atom. The molecule has 7 aromatic rings. The summed E-state index contributed by atoms with van der Waals surface area (Å²) in [7, 11) is 0. The predicted octanol–water partition coefficient (Wildman–Crippen LogP) is 10.4. The predicted molar refractivity (Wildman–Crippen MR) is 183 cm³/mol. The lowest BCUT2D eigenvalue weighted by Gasteiger charge is -2.48. The van der Waals surface area contributed by atoms with Crippen molar-refractivity contribution in [1.29, 1.82) is 0 Å². The Kier molecular flexibility index (Phi) is 5.83. The molecule has 6 aromatic carbocycles.